The Hall–Kier alpha value is -0.950. The Morgan fingerprint density at radius 1 is 1.40 bits per heavy atom. The van der Waals surface area contributed by atoms with Crippen LogP contribution in [0.25, 0.3) is 0 Å². The number of sulfonamides is 1. The Kier molecular flexibility index (Phi) is 4.20. The summed E-state index contributed by atoms with van der Waals surface area (Å²) in [5, 5.41) is 9.44. The monoisotopic (exact) mass is 299 g/mol. The summed E-state index contributed by atoms with van der Waals surface area (Å²) in [7, 11) is -3.59. The molecular formula is C14H21NO4S. The van der Waals surface area contributed by atoms with Crippen LogP contribution >= 0.6 is 0 Å². The van der Waals surface area contributed by atoms with Crippen molar-refractivity contribution >= 4 is 10.0 Å². The molecule has 1 aliphatic rings. The molecule has 1 fully saturated rings. The van der Waals surface area contributed by atoms with Crippen LogP contribution in [0.15, 0.2) is 29.2 Å². The van der Waals surface area contributed by atoms with Gasteiger partial charge in [0.15, 0.2) is 0 Å². The van der Waals surface area contributed by atoms with E-state index in [1.54, 1.807) is 19.1 Å². The maximum atomic E-state index is 12.4. The third-order valence-corrected chi connectivity index (χ3v) is 5.55. The van der Waals surface area contributed by atoms with Crippen molar-refractivity contribution in [3.63, 3.8) is 0 Å². The van der Waals surface area contributed by atoms with Crippen LogP contribution in [0.5, 0.6) is 0 Å². The third-order valence-electron chi connectivity index (χ3n) is 3.93. The summed E-state index contributed by atoms with van der Waals surface area (Å²) in [5.74, 6) is 0. The lowest BCUT2D eigenvalue weighted by molar-refractivity contribution is 0.0957. The predicted octanol–water partition coefficient (Wildman–Crippen LogP) is 1.59. The molecule has 0 spiro atoms. The normalized spacial score (nSPS) is 28.5. The molecule has 1 aromatic rings. The Morgan fingerprint density at radius 2 is 2.00 bits per heavy atom. The van der Waals surface area contributed by atoms with Gasteiger partial charge < -0.3 is 9.84 Å². The molecule has 0 radical (unpaired) electrons. The minimum absolute atomic E-state index is 0.158. The predicted molar refractivity (Wildman–Crippen MR) is 75.8 cm³/mol. The summed E-state index contributed by atoms with van der Waals surface area (Å²) < 4.78 is 33.0. The quantitative estimate of drug-likeness (QED) is 0.885. The van der Waals surface area contributed by atoms with E-state index in [2.05, 4.69) is 4.72 Å². The first-order valence-corrected chi connectivity index (χ1v) is 8.16. The number of benzene rings is 1. The van der Waals surface area contributed by atoms with Crippen molar-refractivity contribution in [1.29, 1.82) is 0 Å². The van der Waals surface area contributed by atoms with Crippen LogP contribution in [0.1, 0.15) is 38.9 Å². The van der Waals surface area contributed by atoms with Gasteiger partial charge in [0.25, 0.3) is 0 Å². The average molecular weight is 299 g/mol. The van der Waals surface area contributed by atoms with E-state index >= 15 is 0 Å². The van der Waals surface area contributed by atoms with Gasteiger partial charge in [0.2, 0.25) is 10.0 Å². The van der Waals surface area contributed by atoms with Crippen LogP contribution < -0.4 is 4.72 Å². The van der Waals surface area contributed by atoms with Crippen LogP contribution in [0.3, 0.4) is 0 Å². The zero-order valence-corrected chi connectivity index (χ0v) is 12.8. The molecule has 0 amide bonds. The van der Waals surface area contributed by atoms with Gasteiger partial charge in [-0.2, -0.15) is 0 Å². The lowest BCUT2D eigenvalue weighted by Gasteiger charge is -2.28. The summed E-state index contributed by atoms with van der Waals surface area (Å²) in [4.78, 5) is 0.197. The lowest BCUT2D eigenvalue weighted by Crippen LogP contribution is -2.50. The van der Waals surface area contributed by atoms with E-state index in [0.29, 0.717) is 18.6 Å². The standard InChI is InChI=1S/C14H21NO4S/c1-10(16)12-4-6-13(7-5-12)20(17,18)15-14(3)8-9-19-11(14)2/h4-7,10-11,15-16H,8-9H2,1-3H3. The van der Waals surface area contributed by atoms with Crippen LogP contribution in [0.4, 0.5) is 0 Å². The molecule has 112 valence electrons. The van der Waals surface area contributed by atoms with Crippen LogP contribution in [0.2, 0.25) is 0 Å². The average Bonchev–Trinajstić information content (AvgIpc) is 2.68. The summed E-state index contributed by atoms with van der Waals surface area (Å²) in [6.07, 6.45) is -0.117. The van der Waals surface area contributed by atoms with Crippen molar-refractivity contribution < 1.29 is 18.3 Å². The first-order chi connectivity index (χ1) is 9.24. The molecule has 1 aromatic carbocycles. The minimum atomic E-state index is -3.59. The molecule has 0 aliphatic carbocycles. The molecule has 2 rings (SSSR count). The zero-order valence-electron chi connectivity index (χ0n) is 12.0. The fraction of sp³-hybridized carbons (Fsp3) is 0.571. The highest BCUT2D eigenvalue weighted by Crippen LogP contribution is 2.27. The van der Waals surface area contributed by atoms with Gasteiger partial charge in [0.05, 0.1) is 22.6 Å². The Balaban J connectivity index is 2.22. The second kappa shape index (κ2) is 5.44. The molecule has 1 aliphatic heterocycles. The van der Waals surface area contributed by atoms with E-state index in [9.17, 15) is 13.5 Å². The summed E-state index contributed by atoms with van der Waals surface area (Å²) in [6.45, 7) is 5.92. The molecule has 0 saturated carbocycles. The maximum absolute atomic E-state index is 12.4. The topological polar surface area (TPSA) is 75.6 Å². The van der Waals surface area contributed by atoms with Gasteiger partial charge in [-0.25, -0.2) is 13.1 Å². The lowest BCUT2D eigenvalue weighted by atomic mass is 9.97. The number of nitrogens with one attached hydrogen (secondary N) is 1. The second-order valence-corrected chi connectivity index (χ2v) is 7.21. The van der Waals surface area contributed by atoms with Gasteiger partial charge in [0.1, 0.15) is 0 Å². The minimum Gasteiger partial charge on any atom is -0.389 e. The Morgan fingerprint density at radius 3 is 2.45 bits per heavy atom. The van der Waals surface area contributed by atoms with Crippen molar-refractivity contribution in [2.24, 2.45) is 0 Å². The zero-order chi connectivity index (χ0) is 15.0. The summed E-state index contributed by atoms with van der Waals surface area (Å²) in [6, 6.07) is 6.26. The number of aliphatic hydroxyl groups is 1. The number of hydrogen-bond donors (Lipinski definition) is 2. The summed E-state index contributed by atoms with van der Waals surface area (Å²) in [5.41, 5.74) is 0.106. The molecule has 3 atom stereocenters. The number of ether oxygens (including phenoxy) is 1. The van der Waals surface area contributed by atoms with Crippen LogP contribution in [-0.4, -0.2) is 31.8 Å². The van der Waals surface area contributed by atoms with E-state index < -0.39 is 21.7 Å². The molecule has 5 nitrogen and oxygen atoms in total. The second-order valence-electron chi connectivity index (χ2n) is 5.53. The maximum Gasteiger partial charge on any atom is 0.241 e. The van der Waals surface area contributed by atoms with Gasteiger partial charge in [-0.15, -0.1) is 0 Å². The van der Waals surface area contributed by atoms with E-state index in [4.69, 9.17) is 4.74 Å². The SMILES string of the molecule is CC(O)c1ccc(S(=O)(=O)NC2(C)CCOC2C)cc1. The largest absolute Gasteiger partial charge is 0.389 e. The van der Waals surface area contributed by atoms with Crippen molar-refractivity contribution in [2.45, 2.75) is 49.8 Å². The highest BCUT2D eigenvalue weighted by atomic mass is 32.2. The van der Waals surface area contributed by atoms with E-state index in [1.165, 1.54) is 12.1 Å². The van der Waals surface area contributed by atoms with Gasteiger partial charge >= 0.3 is 0 Å². The molecule has 20 heavy (non-hydrogen) atoms. The highest BCUT2D eigenvalue weighted by molar-refractivity contribution is 7.89. The van der Waals surface area contributed by atoms with E-state index in [0.717, 1.165) is 0 Å². The van der Waals surface area contributed by atoms with Crippen molar-refractivity contribution in [2.75, 3.05) is 6.61 Å². The number of hydrogen-bond acceptors (Lipinski definition) is 4. The molecule has 0 aromatic heterocycles. The number of aliphatic hydroxyl groups excluding tert-OH is 1. The van der Waals surface area contributed by atoms with Crippen molar-refractivity contribution in [1.82, 2.24) is 4.72 Å². The molecule has 0 bridgehead atoms. The first kappa shape index (κ1) is 15.4. The summed E-state index contributed by atoms with van der Waals surface area (Å²) >= 11 is 0. The van der Waals surface area contributed by atoms with Crippen molar-refractivity contribution in [3.8, 4) is 0 Å². The third kappa shape index (κ3) is 3.03. The Bertz CT molecular complexity index is 567. The number of rotatable bonds is 4. The molecule has 6 heteroatoms. The van der Waals surface area contributed by atoms with Crippen LogP contribution in [0, 0.1) is 0 Å². The van der Waals surface area contributed by atoms with Crippen LogP contribution in [-0.2, 0) is 14.8 Å². The highest BCUT2D eigenvalue weighted by Gasteiger charge is 2.40. The Labute approximate surface area is 120 Å². The van der Waals surface area contributed by atoms with Gasteiger partial charge in [0, 0.05) is 6.61 Å². The molecule has 1 saturated heterocycles. The van der Waals surface area contributed by atoms with Gasteiger partial charge in [-0.05, 0) is 44.9 Å². The van der Waals surface area contributed by atoms with Gasteiger partial charge in [-0.3, -0.25) is 0 Å². The molecule has 1 heterocycles. The fourth-order valence-corrected chi connectivity index (χ4v) is 3.75. The van der Waals surface area contributed by atoms with E-state index in [-0.39, 0.29) is 11.0 Å². The van der Waals surface area contributed by atoms with E-state index in [1.807, 2.05) is 13.8 Å². The molecular weight excluding hydrogens is 278 g/mol. The smallest absolute Gasteiger partial charge is 0.241 e. The van der Waals surface area contributed by atoms with Crippen molar-refractivity contribution in [3.05, 3.63) is 29.8 Å². The van der Waals surface area contributed by atoms with Gasteiger partial charge in [-0.1, -0.05) is 12.1 Å². The molecule has 3 unspecified atom stereocenters. The fourth-order valence-electron chi connectivity index (χ4n) is 2.26. The molecule has 2 N–H and O–H groups in total. The first-order valence-electron chi connectivity index (χ1n) is 6.68.